The first-order valence-electron chi connectivity index (χ1n) is 13.1. The van der Waals surface area contributed by atoms with Crippen LogP contribution in [0.3, 0.4) is 0 Å². The second-order valence-electron chi connectivity index (χ2n) is 9.99. The van der Waals surface area contributed by atoms with Crippen LogP contribution in [0.25, 0.3) is 6.08 Å². The fourth-order valence-corrected chi connectivity index (χ4v) is 5.77. The van der Waals surface area contributed by atoms with E-state index < -0.39 is 56.4 Å². The third-order valence-electron chi connectivity index (χ3n) is 6.66. The summed E-state index contributed by atoms with van der Waals surface area (Å²) in [6.07, 6.45) is 0.832. The first kappa shape index (κ1) is 31.8. The van der Waals surface area contributed by atoms with Crippen molar-refractivity contribution in [1.29, 1.82) is 0 Å². The van der Waals surface area contributed by atoms with Gasteiger partial charge in [-0.05, 0) is 49.8 Å². The van der Waals surface area contributed by atoms with Crippen LogP contribution in [0.4, 0.5) is 4.39 Å². The van der Waals surface area contributed by atoms with Crippen molar-refractivity contribution in [2.75, 3.05) is 6.61 Å². The van der Waals surface area contributed by atoms with E-state index in [1.807, 2.05) is 30.3 Å². The maximum atomic E-state index is 15.6. The predicted molar refractivity (Wildman–Crippen MR) is 153 cm³/mol. The molecule has 4 N–H and O–H groups in total. The van der Waals surface area contributed by atoms with Gasteiger partial charge in [-0.3, -0.25) is 18.9 Å². The zero-order valence-electron chi connectivity index (χ0n) is 23.3. The van der Waals surface area contributed by atoms with Crippen LogP contribution in [0.15, 0.2) is 85.3 Å². The number of rotatable bonds is 12. The van der Waals surface area contributed by atoms with Gasteiger partial charge in [-0.25, -0.2) is 8.96 Å². The lowest BCUT2D eigenvalue weighted by molar-refractivity contribution is -0.138. The average Bonchev–Trinajstić information content (AvgIpc) is 3.19. The molecule has 4 rings (SSSR count). The Morgan fingerprint density at radius 3 is 2.56 bits per heavy atom. The number of allylic oxidation sites excluding steroid dienone is 1. The van der Waals surface area contributed by atoms with Gasteiger partial charge >= 0.3 is 13.7 Å². The number of carboxylic acid groups (broad SMARTS) is 1. The number of aliphatic carboxylic acids is 1. The summed E-state index contributed by atoms with van der Waals surface area (Å²) >= 11 is 0. The summed E-state index contributed by atoms with van der Waals surface area (Å²) in [6.45, 7) is 5.27. The molecule has 2 aromatic rings. The van der Waals surface area contributed by atoms with Gasteiger partial charge in [0.05, 0.1) is 6.61 Å². The number of carbonyl (C=O) groups is 3. The lowest BCUT2D eigenvalue weighted by Gasteiger charge is -2.35. The minimum Gasteiger partial charge on any atom is -0.480 e. The molecule has 0 spiro atoms. The average molecular weight is 616 g/mol. The minimum atomic E-state index is -4.48. The highest BCUT2D eigenvalue weighted by Crippen LogP contribution is 2.47. The Morgan fingerprint density at radius 2 is 1.93 bits per heavy atom. The first-order valence-corrected chi connectivity index (χ1v) is 14.6. The second kappa shape index (κ2) is 13.0. The van der Waals surface area contributed by atoms with Crippen LogP contribution >= 0.6 is 7.75 Å². The van der Waals surface area contributed by atoms with E-state index in [2.05, 4.69) is 17.0 Å². The topological polar surface area (TPSA) is 164 Å². The van der Waals surface area contributed by atoms with E-state index >= 15 is 4.39 Å². The maximum absolute atomic E-state index is 15.6. The number of carboxylic acids is 1. The SMILES string of the molecule is C=C1NC(=O)C=CN1[C@@H]1O[C@H](COP(=O)(N[C@@H](C)C(=O)O)Oc2ccc(C(=O)/C=C/c3ccccc3)cc2)[C@@H](O)[C@@]1(C)F. The number of aliphatic hydroxyl groups is 1. The Hall–Kier alpha value is -4.13. The fourth-order valence-electron chi connectivity index (χ4n) is 4.26. The minimum absolute atomic E-state index is 0.0126. The van der Waals surface area contributed by atoms with Crippen LogP contribution in [0, 0.1) is 0 Å². The van der Waals surface area contributed by atoms with Gasteiger partial charge < -0.3 is 29.7 Å². The molecule has 0 bridgehead atoms. The molecule has 0 radical (unpaired) electrons. The Morgan fingerprint density at radius 1 is 1.26 bits per heavy atom. The van der Waals surface area contributed by atoms with Crippen molar-refractivity contribution in [2.45, 2.75) is 44.0 Å². The first-order chi connectivity index (χ1) is 20.3. The summed E-state index contributed by atoms with van der Waals surface area (Å²) in [5, 5.41) is 24.7. The summed E-state index contributed by atoms with van der Waals surface area (Å²) in [7, 11) is -4.48. The number of ketones is 1. The normalized spacial score (nSPS) is 25.8. The summed E-state index contributed by atoms with van der Waals surface area (Å²) in [5.41, 5.74) is -1.25. The molecule has 1 saturated heterocycles. The Balaban J connectivity index is 1.46. The number of nitrogens with zero attached hydrogens (tertiary/aromatic N) is 1. The Labute approximate surface area is 247 Å². The second-order valence-corrected chi connectivity index (χ2v) is 11.7. The smallest absolute Gasteiger partial charge is 0.459 e. The van der Waals surface area contributed by atoms with Crippen molar-refractivity contribution in [1.82, 2.24) is 15.3 Å². The molecule has 12 nitrogen and oxygen atoms in total. The van der Waals surface area contributed by atoms with Gasteiger partial charge in [0, 0.05) is 17.8 Å². The van der Waals surface area contributed by atoms with Crippen molar-refractivity contribution in [3.63, 3.8) is 0 Å². The van der Waals surface area contributed by atoms with E-state index in [9.17, 15) is 29.2 Å². The van der Waals surface area contributed by atoms with Crippen molar-refractivity contribution in [3.05, 3.63) is 96.5 Å². The van der Waals surface area contributed by atoms with E-state index in [1.54, 1.807) is 6.08 Å². The zero-order valence-corrected chi connectivity index (χ0v) is 24.1. The number of alkyl halides is 1. The van der Waals surface area contributed by atoms with Crippen molar-refractivity contribution < 1.29 is 47.3 Å². The number of benzene rings is 2. The summed E-state index contributed by atoms with van der Waals surface area (Å²) in [4.78, 5) is 36.8. The zero-order chi connectivity index (χ0) is 31.4. The highest BCUT2D eigenvalue weighted by molar-refractivity contribution is 7.52. The molecule has 1 amide bonds. The molecule has 14 heteroatoms. The molecular formula is C29H31FN3O9P. The molecule has 43 heavy (non-hydrogen) atoms. The largest absolute Gasteiger partial charge is 0.480 e. The number of nitrogens with one attached hydrogen (secondary N) is 2. The van der Waals surface area contributed by atoms with Crippen LogP contribution in [0.1, 0.15) is 29.8 Å². The summed E-state index contributed by atoms with van der Waals surface area (Å²) in [5.74, 6) is -2.14. The molecule has 6 atom stereocenters. The number of halogens is 1. The molecule has 1 fully saturated rings. The fraction of sp³-hybridized carbons (Fsp3) is 0.276. The van der Waals surface area contributed by atoms with Crippen LogP contribution in [0.2, 0.25) is 0 Å². The quantitative estimate of drug-likeness (QED) is 0.157. The number of carbonyl (C=O) groups excluding carboxylic acids is 2. The number of hydrogen-bond donors (Lipinski definition) is 4. The van der Waals surface area contributed by atoms with E-state index in [0.29, 0.717) is 5.56 Å². The van der Waals surface area contributed by atoms with Gasteiger partial charge in [0.2, 0.25) is 0 Å². The molecule has 1 unspecified atom stereocenters. The van der Waals surface area contributed by atoms with Gasteiger partial charge in [-0.15, -0.1) is 0 Å². The van der Waals surface area contributed by atoms with Crippen molar-refractivity contribution >= 4 is 31.5 Å². The lowest BCUT2D eigenvalue weighted by atomic mass is 9.98. The van der Waals surface area contributed by atoms with Gasteiger partial charge in [0.15, 0.2) is 17.7 Å². The number of aliphatic hydroxyl groups excluding tert-OH is 1. The van der Waals surface area contributed by atoms with Gasteiger partial charge in [-0.2, -0.15) is 5.09 Å². The highest BCUT2D eigenvalue weighted by atomic mass is 31.2. The van der Waals surface area contributed by atoms with E-state index in [-0.39, 0.29) is 17.4 Å². The molecule has 2 aliphatic rings. The van der Waals surface area contributed by atoms with Crippen LogP contribution in [0.5, 0.6) is 5.75 Å². The summed E-state index contributed by atoms with van der Waals surface area (Å²) in [6, 6.07) is 13.4. The molecule has 2 aliphatic heterocycles. The molecule has 228 valence electrons. The van der Waals surface area contributed by atoms with Crippen LogP contribution in [-0.2, 0) is 23.4 Å². The summed E-state index contributed by atoms with van der Waals surface area (Å²) < 4.78 is 45.9. The van der Waals surface area contributed by atoms with Crippen LogP contribution < -0.4 is 14.9 Å². The van der Waals surface area contributed by atoms with Gasteiger partial charge in [0.1, 0.15) is 29.8 Å². The van der Waals surface area contributed by atoms with Crippen molar-refractivity contribution in [3.8, 4) is 5.75 Å². The van der Waals surface area contributed by atoms with Crippen molar-refractivity contribution in [2.24, 2.45) is 0 Å². The Kier molecular flexibility index (Phi) is 9.63. The molecule has 0 saturated carbocycles. The van der Waals surface area contributed by atoms with E-state index in [1.165, 1.54) is 48.4 Å². The van der Waals surface area contributed by atoms with Gasteiger partial charge in [-0.1, -0.05) is 43.0 Å². The monoisotopic (exact) mass is 615 g/mol. The lowest BCUT2D eigenvalue weighted by Crippen LogP contribution is -2.51. The standard InChI is InChI=1S/C29H31FN3O9P/c1-18(27(37)38)32-43(39,42-22-12-10-21(11-13-22)23(34)14-9-20-7-5-4-6-8-20)40-17-24-26(36)29(3,30)28(41-24)33-16-15-25(35)31-19(33)2/h4-16,18,24,26,28,36H,2,17H2,1,3H3,(H,31,35)(H,32,39)(H,37,38)/b14-9+/t18-,24+,26+,28+,29+,43?/m0/s1. The number of amides is 1. The number of hydrogen-bond acceptors (Lipinski definition) is 9. The predicted octanol–water partition coefficient (Wildman–Crippen LogP) is 3.38. The third-order valence-corrected chi connectivity index (χ3v) is 8.30. The molecular weight excluding hydrogens is 584 g/mol. The molecule has 0 aliphatic carbocycles. The highest BCUT2D eigenvalue weighted by Gasteiger charge is 2.57. The molecule has 2 aromatic carbocycles. The Bertz CT molecular complexity index is 1480. The van der Waals surface area contributed by atoms with Gasteiger partial charge in [0.25, 0.3) is 5.91 Å². The van der Waals surface area contributed by atoms with E-state index in [4.69, 9.17) is 13.8 Å². The number of ether oxygens (including phenoxy) is 1. The molecule has 2 heterocycles. The van der Waals surface area contributed by atoms with E-state index in [0.717, 1.165) is 18.6 Å². The maximum Gasteiger partial charge on any atom is 0.459 e. The van der Waals surface area contributed by atoms with Crippen LogP contribution in [-0.4, -0.2) is 69.5 Å². The third kappa shape index (κ3) is 7.64. The molecule has 0 aromatic heterocycles.